The lowest BCUT2D eigenvalue weighted by Gasteiger charge is -2.06. The lowest BCUT2D eigenvalue weighted by atomic mass is 10.1. The smallest absolute Gasteiger partial charge is 0.335 e. The molecule has 0 spiro atoms. The monoisotopic (exact) mass is 287 g/mol. The van der Waals surface area contributed by atoms with Crippen molar-refractivity contribution in [2.45, 2.75) is 19.4 Å². The number of carboxylic acid groups (broad SMARTS) is 1. The van der Waals surface area contributed by atoms with Gasteiger partial charge in [0.1, 0.15) is 0 Å². The molecule has 1 amide bonds. The number of carbonyl (C=O) groups excluding carboxylic acids is 1. The molecule has 0 fully saturated rings. The van der Waals surface area contributed by atoms with Crippen molar-refractivity contribution in [2.75, 3.05) is 6.54 Å². The van der Waals surface area contributed by atoms with Crippen LogP contribution in [0.5, 0.6) is 0 Å². The number of aromatic nitrogens is 2. The molecule has 0 unspecified atom stereocenters. The van der Waals surface area contributed by atoms with Crippen molar-refractivity contribution in [1.82, 2.24) is 14.9 Å². The molecule has 2 rings (SSSR count). The van der Waals surface area contributed by atoms with Crippen LogP contribution in [-0.4, -0.2) is 33.1 Å². The van der Waals surface area contributed by atoms with E-state index in [1.807, 2.05) is 10.8 Å². The van der Waals surface area contributed by atoms with Gasteiger partial charge in [-0.2, -0.15) is 0 Å². The van der Waals surface area contributed by atoms with Crippen LogP contribution in [0.3, 0.4) is 0 Å². The third-order valence-electron chi connectivity index (χ3n) is 3.09. The molecule has 2 N–H and O–H groups in total. The average molecular weight is 287 g/mol. The molecule has 2 aromatic rings. The number of rotatable bonds is 7. The van der Waals surface area contributed by atoms with Gasteiger partial charge in [-0.25, -0.2) is 9.78 Å². The van der Waals surface area contributed by atoms with Gasteiger partial charge in [-0.1, -0.05) is 12.1 Å². The summed E-state index contributed by atoms with van der Waals surface area (Å²) in [5, 5.41) is 11.6. The number of hydrogen-bond donors (Lipinski definition) is 2. The zero-order chi connectivity index (χ0) is 15.1. The molecule has 0 atom stereocenters. The Balaban J connectivity index is 1.68. The van der Waals surface area contributed by atoms with Gasteiger partial charge in [0.2, 0.25) is 5.91 Å². The summed E-state index contributed by atoms with van der Waals surface area (Å²) in [5.41, 5.74) is 1.26. The maximum atomic E-state index is 11.6. The van der Waals surface area contributed by atoms with Gasteiger partial charge in [0.15, 0.2) is 0 Å². The van der Waals surface area contributed by atoms with E-state index in [2.05, 4.69) is 10.3 Å². The molecule has 0 aliphatic heterocycles. The Kier molecular flexibility index (Phi) is 5.09. The normalized spacial score (nSPS) is 10.3. The van der Waals surface area contributed by atoms with Crippen LogP contribution in [0.2, 0.25) is 0 Å². The zero-order valence-corrected chi connectivity index (χ0v) is 11.5. The van der Waals surface area contributed by atoms with E-state index in [0.717, 1.165) is 5.56 Å². The standard InChI is InChI=1S/C15H17N3O3/c19-14(6-9-18-10-8-16-11-18)17-7-5-12-1-3-13(4-2-12)15(20)21/h1-4,8,10-11H,5-7,9H2,(H,17,19)(H,20,21). The molecule has 21 heavy (non-hydrogen) atoms. The molecule has 110 valence electrons. The van der Waals surface area contributed by atoms with Crippen molar-refractivity contribution >= 4 is 11.9 Å². The molecular weight excluding hydrogens is 270 g/mol. The highest BCUT2D eigenvalue weighted by molar-refractivity contribution is 5.87. The number of aryl methyl sites for hydroxylation is 1. The number of amides is 1. The van der Waals surface area contributed by atoms with E-state index in [1.54, 1.807) is 36.8 Å². The minimum absolute atomic E-state index is 0.00847. The van der Waals surface area contributed by atoms with E-state index in [4.69, 9.17) is 5.11 Å². The minimum atomic E-state index is -0.936. The second-order valence-electron chi connectivity index (χ2n) is 4.65. The number of benzene rings is 1. The van der Waals surface area contributed by atoms with Crippen LogP contribution in [0.25, 0.3) is 0 Å². The SMILES string of the molecule is O=C(CCn1ccnc1)NCCc1ccc(C(=O)O)cc1. The number of hydrogen-bond acceptors (Lipinski definition) is 3. The van der Waals surface area contributed by atoms with Gasteiger partial charge < -0.3 is 15.0 Å². The summed E-state index contributed by atoms with van der Waals surface area (Å²) in [6.07, 6.45) is 6.26. The summed E-state index contributed by atoms with van der Waals surface area (Å²) in [6, 6.07) is 6.67. The minimum Gasteiger partial charge on any atom is -0.478 e. The van der Waals surface area contributed by atoms with Gasteiger partial charge in [-0.05, 0) is 24.1 Å². The van der Waals surface area contributed by atoms with Crippen LogP contribution in [0.15, 0.2) is 43.0 Å². The summed E-state index contributed by atoms with van der Waals surface area (Å²) in [6.45, 7) is 1.15. The van der Waals surface area contributed by atoms with E-state index in [0.29, 0.717) is 25.9 Å². The molecule has 0 bridgehead atoms. The maximum Gasteiger partial charge on any atom is 0.335 e. The average Bonchev–Trinajstić information content (AvgIpc) is 2.99. The molecular formula is C15H17N3O3. The Bertz CT molecular complexity index is 591. The van der Waals surface area contributed by atoms with E-state index in [-0.39, 0.29) is 11.5 Å². The molecule has 1 aromatic heterocycles. The van der Waals surface area contributed by atoms with E-state index >= 15 is 0 Å². The molecule has 1 aromatic carbocycles. The second-order valence-corrected chi connectivity index (χ2v) is 4.65. The first-order valence-corrected chi connectivity index (χ1v) is 6.70. The molecule has 0 aliphatic rings. The summed E-state index contributed by atoms with van der Waals surface area (Å²) < 4.78 is 1.85. The molecule has 6 heteroatoms. The van der Waals surface area contributed by atoms with Crippen LogP contribution >= 0.6 is 0 Å². The van der Waals surface area contributed by atoms with Gasteiger partial charge in [0, 0.05) is 31.9 Å². The van der Waals surface area contributed by atoms with Crippen LogP contribution < -0.4 is 5.32 Å². The Hall–Kier alpha value is -2.63. The van der Waals surface area contributed by atoms with E-state index in [1.165, 1.54) is 0 Å². The van der Waals surface area contributed by atoms with Gasteiger partial charge in [-0.15, -0.1) is 0 Å². The maximum absolute atomic E-state index is 11.6. The molecule has 0 saturated carbocycles. The van der Waals surface area contributed by atoms with Crippen molar-refractivity contribution in [3.63, 3.8) is 0 Å². The lowest BCUT2D eigenvalue weighted by Crippen LogP contribution is -2.26. The number of nitrogens with zero attached hydrogens (tertiary/aromatic N) is 2. The first kappa shape index (κ1) is 14.8. The second kappa shape index (κ2) is 7.23. The van der Waals surface area contributed by atoms with Crippen molar-refractivity contribution in [2.24, 2.45) is 0 Å². The van der Waals surface area contributed by atoms with Crippen LogP contribution in [0.4, 0.5) is 0 Å². The van der Waals surface area contributed by atoms with Crippen molar-refractivity contribution in [1.29, 1.82) is 0 Å². The summed E-state index contributed by atoms with van der Waals surface area (Å²) in [4.78, 5) is 26.3. The van der Waals surface area contributed by atoms with Crippen molar-refractivity contribution in [3.05, 3.63) is 54.1 Å². The quantitative estimate of drug-likeness (QED) is 0.804. The summed E-state index contributed by atoms with van der Waals surface area (Å²) in [7, 11) is 0. The fraction of sp³-hybridized carbons (Fsp3) is 0.267. The molecule has 0 aliphatic carbocycles. The molecule has 1 heterocycles. The van der Waals surface area contributed by atoms with Gasteiger partial charge in [0.05, 0.1) is 11.9 Å². The Morgan fingerprint density at radius 3 is 2.62 bits per heavy atom. The van der Waals surface area contributed by atoms with Crippen LogP contribution in [0.1, 0.15) is 22.3 Å². The fourth-order valence-corrected chi connectivity index (χ4v) is 1.90. The molecule has 0 saturated heterocycles. The number of carboxylic acids is 1. The number of carbonyl (C=O) groups is 2. The summed E-state index contributed by atoms with van der Waals surface area (Å²) >= 11 is 0. The predicted molar refractivity (Wildman–Crippen MR) is 77.0 cm³/mol. The predicted octanol–water partition coefficient (Wildman–Crippen LogP) is 1.33. The van der Waals surface area contributed by atoms with Gasteiger partial charge >= 0.3 is 5.97 Å². The lowest BCUT2D eigenvalue weighted by molar-refractivity contribution is -0.121. The fourth-order valence-electron chi connectivity index (χ4n) is 1.90. The highest BCUT2D eigenvalue weighted by Gasteiger charge is 2.03. The van der Waals surface area contributed by atoms with E-state index < -0.39 is 5.97 Å². The third-order valence-corrected chi connectivity index (χ3v) is 3.09. The Morgan fingerprint density at radius 1 is 1.24 bits per heavy atom. The van der Waals surface area contributed by atoms with Gasteiger partial charge in [0.25, 0.3) is 0 Å². The summed E-state index contributed by atoms with van der Waals surface area (Å²) in [5.74, 6) is -0.944. The Labute approximate surface area is 122 Å². The molecule has 0 radical (unpaired) electrons. The molecule has 6 nitrogen and oxygen atoms in total. The highest BCUT2D eigenvalue weighted by atomic mass is 16.4. The van der Waals surface area contributed by atoms with Crippen molar-refractivity contribution in [3.8, 4) is 0 Å². The first-order chi connectivity index (χ1) is 10.1. The van der Waals surface area contributed by atoms with E-state index in [9.17, 15) is 9.59 Å². The van der Waals surface area contributed by atoms with Crippen molar-refractivity contribution < 1.29 is 14.7 Å². The number of nitrogens with one attached hydrogen (secondary N) is 1. The first-order valence-electron chi connectivity index (χ1n) is 6.70. The van der Waals surface area contributed by atoms with Crippen LogP contribution in [-0.2, 0) is 17.8 Å². The number of aromatic carboxylic acids is 1. The number of imidazole rings is 1. The largest absolute Gasteiger partial charge is 0.478 e. The third kappa shape index (κ3) is 4.76. The van der Waals surface area contributed by atoms with Crippen LogP contribution in [0, 0.1) is 0 Å². The highest BCUT2D eigenvalue weighted by Crippen LogP contribution is 2.04. The van der Waals surface area contributed by atoms with Gasteiger partial charge in [-0.3, -0.25) is 4.79 Å². The topological polar surface area (TPSA) is 84.2 Å². The zero-order valence-electron chi connectivity index (χ0n) is 11.5. The Morgan fingerprint density at radius 2 is 2.00 bits per heavy atom.